The van der Waals surface area contributed by atoms with Gasteiger partial charge in [0.15, 0.2) is 0 Å². The highest BCUT2D eigenvalue weighted by Crippen LogP contribution is 2.19. The van der Waals surface area contributed by atoms with Crippen molar-refractivity contribution in [2.24, 2.45) is 11.8 Å². The molecule has 5 nitrogen and oxygen atoms in total. The quantitative estimate of drug-likeness (QED) is 0.519. The van der Waals surface area contributed by atoms with Gasteiger partial charge in [-0.2, -0.15) is 0 Å². The highest BCUT2D eigenvalue weighted by Gasteiger charge is 2.39. The van der Waals surface area contributed by atoms with Gasteiger partial charge in [-0.3, -0.25) is 4.79 Å². The van der Waals surface area contributed by atoms with Crippen LogP contribution in [-0.4, -0.2) is 36.4 Å². The number of carbonyl (C=O) groups excluding carboxylic acids is 2. The molecule has 1 heterocycles. The summed E-state index contributed by atoms with van der Waals surface area (Å²) in [5.74, 6) is -0.619. The van der Waals surface area contributed by atoms with Gasteiger partial charge >= 0.3 is 11.9 Å². The maximum absolute atomic E-state index is 11.6. The molecule has 116 valence electrons. The molecule has 5 heteroatoms. The summed E-state index contributed by atoms with van der Waals surface area (Å²) in [6, 6.07) is 0. The first kappa shape index (κ1) is 17.0. The first-order valence-electron chi connectivity index (χ1n) is 7.51. The summed E-state index contributed by atoms with van der Waals surface area (Å²) >= 11 is 0. The van der Waals surface area contributed by atoms with Gasteiger partial charge in [-0.05, 0) is 12.3 Å². The van der Waals surface area contributed by atoms with E-state index in [1.807, 2.05) is 0 Å². The molecule has 0 saturated carbocycles. The summed E-state index contributed by atoms with van der Waals surface area (Å²) in [6.45, 7) is 4.33. The first-order valence-corrected chi connectivity index (χ1v) is 7.51. The van der Waals surface area contributed by atoms with E-state index in [2.05, 4.69) is 13.8 Å². The third kappa shape index (κ3) is 5.90. The molecule has 1 saturated heterocycles. The Morgan fingerprint density at radius 3 is 2.70 bits per heavy atom. The second-order valence-corrected chi connectivity index (χ2v) is 5.83. The van der Waals surface area contributed by atoms with Crippen LogP contribution in [0.25, 0.3) is 0 Å². The number of cyclic esters (lactones) is 1. The molecule has 1 fully saturated rings. The average molecular weight is 286 g/mol. The standard InChI is InChI=1S/C15H26O5/c1-11(2)7-5-3-4-6-8-13(17)20-14-12(9-16)10-19-15(14)18/h11-12,14,16H,3-10H2,1-2H3/t12-,14?/m1/s1. The van der Waals surface area contributed by atoms with Crippen molar-refractivity contribution in [2.45, 2.75) is 58.5 Å². The molecule has 0 amide bonds. The van der Waals surface area contributed by atoms with Crippen LogP contribution < -0.4 is 0 Å². The number of aliphatic hydroxyl groups excluding tert-OH is 1. The Labute approximate surface area is 120 Å². The molecule has 0 radical (unpaired) electrons. The van der Waals surface area contributed by atoms with E-state index in [0.29, 0.717) is 6.42 Å². The van der Waals surface area contributed by atoms with Gasteiger partial charge in [0.1, 0.15) is 6.61 Å². The van der Waals surface area contributed by atoms with Gasteiger partial charge in [0.2, 0.25) is 6.10 Å². The molecule has 0 aliphatic carbocycles. The lowest BCUT2D eigenvalue weighted by Gasteiger charge is -2.13. The SMILES string of the molecule is CC(C)CCCCCCC(=O)OC1C(=O)OC[C@H]1CO. The molecule has 20 heavy (non-hydrogen) atoms. The number of aliphatic hydroxyl groups is 1. The van der Waals surface area contributed by atoms with Crippen molar-refractivity contribution in [2.75, 3.05) is 13.2 Å². The maximum Gasteiger partial charge on any atom is 0.347 e. The van der Waals surface area contributed by atoms with Crippen LogP contribution in [0.2, 0.25) is 0 Å². The number of esters is 2. The Balaban J connectivity index is 2.12. The second kappa shape index (κ2) is 8.95. The van der Waals surface area contributed by atoms with Crippen molar-refractivity contribution >= 4 is 11.9 Å². The van der Waals surface area contributed by atoms with Gasteiger partial charge in [0.05, 0.1) is 12.5 Å². The lowest BCUT2D eigenvalue weighted by Crippen LogP contribution is -2.30. The fraction of sp³-hybridized carbons (Fsp3) is 0.867. The molecule has 1 rings (SSSR count). The van der Waals surface area contributed by atoms with Gasteiger partial charge in [-0.1, -0.05) is 39.5 Å². The minimum atomic E-state index is -0.923. The largest absolute Gasteiger partial charge is 0.462 e. The monoisotopic (exact) mass is 286 g/mol. The molecule has 1 unspecified atom stereocenters. The summed E-state index contributed by atoms with van der Waals surface area (Å²) in [5, 5.41) is 9.06. The van der Waals surface area contributed by atoms with E-state index in [1.165, 1.54) is 12.8 Å². The van der Waals surface area contributed by atoms with Crippen LogP contribution in [-0.2, 0) is 19.1 Å². The van der Waals surface area contributed by atoms with Crippen LogP contribution in [0.1, 0.15) is 52.4 Å². The Morgan fingerprint density at radius 1 is 1.35 bits per heavy atom. The zero-order valence-electron chi connectivity index (χ0n) is 12.5. The molecule has 0 aromatic rings. The van der Waals surface area contributed by atoms with Crippen molar-refractivity contribution in [3.05, 3.63) is 0 Å². The molecule has 1 N–H and O–H groups in total. The lowest BCUT2D eigenvalue weighted by atomic mass is 10.0. The average Bonchev–Trinajstić information content (AvgIpc) is 2.74. The molecular weight excluding hydrogens is 260 g/mol. The molecule has 0 aromatic carbocycles. The van der Waals surface area contributed by atoms with E-state index in [0.717, 1.165) is 25.2 Å². The predicted molar refractivity (Wildman–Crippen MR) is 74.0 cm³/mol. The van der Waals surface area contributed by atoms with Gasteiger partial charge in [0, 0.05) is 6.42 Å². The Kier molecular flexibility index (Phi) is 7.59. The minimum absolute atomic E-state index is 0.127. The Hall–Kier alpha value is -1.10. The van der Waals surface area contributed by atoms with Crippen LogP contribution in [0.15, 0.2) is 0 Å². The van der Waals surface area contributed by atoms with Gasteiger partial charge in [-0.15, -0.1) is 0 Å². The molecule has 1 aliphatic heterocycles. The molecule has 0 bridgehead atoms. The number of carbonyl (C=O) groups is 2. The predicted octanol–water partition coefficient (Wildman–Crippen LogP) is 2.06. The zero-order valence-corrected chi connectivity index (χ0v) is 12.5. The van der Waals surface area contributed by atoms with Gasteiger partial charge < -0.3 is 14.6 Å². The summed E-state index contributed by atoms with van der Waals surface area (Å²) in [6.07, 6.45) is 4.71. The molecular formula is C15H26O5. The van der Waals surface area contributed by atoms with Crippen LogP contribution in [0.5, 0.6) is 0 Å². The van der Waals surface area contributed by atoms with E-state index in [-0.39, 0.29) is 19.2 Å². The van der Waals surface area contributed by atoms with Crippen LogP contribution in [0.3, 0.4) is 0 Å². The Morgan fingerprint density at radius 2 is 2.05 bits per heavy atom. The fourth-order valence-electron chi connectivity index (χ4n) is 2.22. The lowest BCUT2D eigenvalue weighted by molar-refractivity contribution is -0.161. The maximum atomic E-state index is 11.6. The topological polar surface area (TPSA) is 72.8 Å². The molecule has 1 aliphatic rings. The van der Waals surface area contributed by atoms with E-state index in [1.54, 1.807) is 0 Å². The van der Waals surface area contributed by atoms with Crippen molar-refractivity contribution < 1.29 is 24.2 Å². The van der Waals surface area contributed by atoms with Crippen molar-refractivity contribution in [3.63, 3.8) is 0 Å². The summed E-state index contributed by atoms with van der Waals surface area (Å²) in [4.78, 5) is 23.0. The van der Waals surface area contributed by atoms with Crippen LogP contribution >= 0.6 is 0 Å². The third-order valence-corrected chi connectivity index (χ3v) is 3.51. The second-order valence-electron chi connectivity index (χ2n) is 5.83. The van der Waals surface area contributed by atoms with Crippen LogP contribution in [0, 0.1) is 11.8 Å². The van der Waals surface area contributed by atoms with Crippen molar-refractivity contribution in [3.8, 4) is 0 Å². The van der Waals surface area contributed by atoms with Crippen molar-refractivity contribution in [1.29, 1.82) is 0 Å². The van der Waals surface area contributed by atoms with E-state index in [9.17, 15) is 9.59 Å². The Bertz CT molecular complexity index is 313. The third-order valence-electron chi connectivity index (χ3n) is 3.51. The van der Waals surface area contributed by atoms with E-state index < -0.39 is 18.0 Å². The molecule has 2 atom stereocenters. The minimum Gasteiger partial charge on any atom is -0.462 e. The number of ether oxygens (including phenoxy) is 2. The normalized spacial score (nSPS) is 22.1. The fourth-order valence-corrected chi connectivity index (χ4v) is 2.22. The van der Waals surface area contributed by atoms with E-state index in [4.69, 9.17) is 14.6 Å². The number of unbranched alkanes of at least 4 members (excludes halogenated alkanes) is 3. The first-order chi connectivity index (χ1) is 9.54. The summed E-state index contributed by atoms with van der Waals surface area (Å²) < 4.78 is 9.87. The smallest absolute Gasteiger partial charge is 0.347 e. The van der Waals surface area contributed by atoms with E-state index >= 15 is 0 Å². The molecule has 0 aromatic heterocycles. The number of hydrogen-bond donors (Lipinski definition) is 1. The highest BCUT2D eigenvalue weighted by atomic mass is 16.6. The summed E-state index contributed by atoms with van der Waals surface area (Å²) in [7, 11) is 0. The van der Waals surface area contributed by atoms with Crippen LogP contribution in [0.4, 0.5) is 0 Å². The number of hydrogen-bond acceptors (Lipinski definition) is 5. The number of rotatable bonds is 9. The highest BCUT2D eigenvalue weighted by molar-refractivity contribution is 5.81. The van der Waals surface area contributed by atoms with Gasteiger partial charge in [0.25, 0.3) is 0 Å². The van der Waals surface area contributed by atoms with Crippen molar-refractivity contribution in [1.82, 2.24) is 0 Å². The zero-order chi connectivity index (χ0) is 15.0. The summed E-state index contributed by atoms with van der Waals surface area (Å²) in [5.41, 5.74) is 0. The van der Waals surface area contributed by atoms with Gasteiger partial charge in [-0.25, -0.2) is 4.79 Å². The molecule has 0 spiro atoms.